The largest absolute Gasteiger partial charge is 0.316 e. The van der Waals surface area contributed by atoms with E-state index in [0.717, 1.165) is 24.0 Å². The number of halogens is 1. The van der Waals surface area contributed by atoms with Gasteiger partial charge in [-0.2, -0.15) is 0 Å². The van der Waals surface area contributed by atoms with Crippen LogP contribution in [0.5, 0.6) is 0 Å². The number of nitrogens with one attached hydrogen (secondary N) is 2. The van der Waals surface area contributed by atoms with Crippen LogP contribution >= 0.6 is 22.9 Å². The van der Waals surface area contributed by atoms with E-state index in [0.29, 0.717) is 12.0 Å². The molecule has 0 spiro atoms. The Hall–Kier alpha value is -0.0900. The molecule has 2 rings (SSSR count). The van der Waals surface area contributed by atoms with E-state index in [-0.39, 0.29) is 0 Å². The standard InChI is InChI=1S/C11H17ClN2S/c1-8-6-13-5-4-10(8)14-7-9-2-3-11(12)15-9/h2-3,8,10,13-14H,4-7H2,1H3. The van der Waals surface area contributed by atoms with Gasteiger partial charge in [-0.25, -0.2) is 0 Å². The molecule has 2 nitrogen and oxygen atoms in total. The van der Waals surface area contributed by atoms with Crippen LogP contribution in [0.1, 0.15) is 18.2 Å². The molecule has 0 aliphatic carbocycles. The Labute approximate surface area is 100 Å². The van der Waals surface area contributed by atoms with Gasteiger partial charge in [0.05, 0.1) is 4.34 Å². The first-order valence-electron chi connectivity index (χ1n) is 5.44. The molecule has 0 saturated carbocycles. The Balaban J connectivity index is 1.81. The van der Waals surface area contributed by atoms with Crippen LogP contribution in [0.25, 0.3) is 0 Å². The predicted octanol–water partition coefficient (Wildman–Crippen LogP) is 2.49. The van der Waals surface area contributed by atoms with Gasteiger partial charge < -0.3 is 10.6 Å². The topological polar surface area (TPSA) is 24.1 Å². The highest BCUT2D eigenvalue weighted by Gasteiger charge is 2.20. The molecule has 4 heteroatoms. The van der Waals surface area contributed by atoms with E-state index >= 15 is 0 Å². The van der Waals surface area contributed by atoms with E-state index in [4.69, 9.17) is 11.6 Å². The highest BCUT2D eigenvalue weighted by atomic mass is 35.5. The third-order valence-corrected chi connectivity index (χ3v) is 4.18. The maximum Gasteiger partial charge on any atom is 0.0931 e. The van der Waals surface area contributed by atoms with Crippen molar-refractivity contribution in [3.8, 4) is 0 Å². The van der Waals surface area contributed by atoms with Crippen molar-refractivity contribution in [2.24, 2.45) is 5.92 Å². The van der Waals surface area contributed by atoms with Crippen LogP contribution < -0.4 is 10.6 Å². The number of hydrogen-bond acceptors (Lipinski definition) is 3. The van der Waals surface area contributed by atoms with Crippen molar-refractivity contribution in [3.05, 3.63) is 21.3 Å². The summed E-state index contributed by atoms with van der Waals surface area (Å²) in [5, 5.41) is 7.02. The molecule has 0 amide bonds. The van der Waals surface area contributed by atoms with Crippen LogP contribution in [0, 0.1) is 5.92 Å². The van der Waals surface area contributed by atoms with E-state index in [1.807, 2.05) is 6.07 Å². The zero-order chi connectivity index (χ0) is 10.7. The molecule has 84 valence electrons. The summed E-state index contributed by atoms with van der Waals surface area (Å²) in [5.74, 6) is 0.717. The molecule has 15 heavy (non-hydrogen) atoms. The Bertz CT molecular complexity index is 313. The summed E-state index contributed by atoms with van der Waals surface area (Å²) < 4.78 is 0.880. The molecular formula is C11H17ClN2S. The third-order valence-electron chi connectivity index (χ3n) is 2.95. The summed E-state index contributed by atoms with van der Waals surface area (Å²) in [6, 6.07) is 4.72. The van der Waals surface area contributed by atoms with E-state index in [1.165, 1.54) is 11.3 Å². The number of thiophene rings is 1. The van der Waals surface area contributed by atoms with Gasteiger partial charge in [0.15, 0.2) is 0 Å². The summed E-state index contributed by atoms with van der Waals surface area (Å²) in [7, 11) is 0. The van der Waals surface area contributed by atoms with Crippen molar-refractivity contribution in [3.63, 3.8) is 0 Å². The smallest absolute Gasteiger partial charge is 0.0931 e. The zero-order valence-corrected chi connectivity index (χ0v) is 10.5. The van der Waals surface area contributed by atoms with Crippen molar-refractivity contribution in [2.75, 3.05) is 13.1 Å². The fourth-order valence-electron chi connectivity index (χ4n) is 2.00. The van der Waals surface area contributed by atoms with Gasteiger partial charge in [-0.1, -0.05) is 18.5 Å². The molecule has 1 aliphatic rings. The number of piperidine rings is 1. The lowest BCUT2D eigenvalue weighted by Gasteiger charge is -2.30. The van der Waals surface area contributed by atoms with Crippen LogP contribution in [0.3, 0.4) is 0 Å². The predicted molar refractivity (Wildman–Crippen MR) is 66.6 cm³/mol. The molecule has 1 aliphatic heterocycles. The summed E-state index contributed by atoms with van der Waals surface area (Å²) >= 11 is 7.56. The van der Waals surface area contributed by atoms with Crippen LogP contribution in [-0.4, -0.2) is 19.1 Å². The molecule has 1 aromatic rings. The van der Waals surface area contributed by atoms with Gasteiger partial charge in [0, 0.05) is 17.5 Å². The molecule has 1 aromatic heterocycles. The lowest BCUT2D eigenvalue weighted by atomic mass is 9.95. The number of hydrogen-bond donors (Lipinski definition) is 2. The van der Waals surface area contributed by atoms with Gasteiger partial charge in [-0.15, -0.1) is 11.3 Å². The van der Waals surface area contributed by atoms with E-state index in [1.54, 1.807) is 11.3 Å². The minimum absolute atomic E-state index is 0.645. The molecule has 1 saturated heterocycles. The quantitative estimate of drug-likeness (QED) is 0.854. The molecule has 2 atom stereocenters. The molecule has 0 aromatic carbocycles. The summed E-state index contributed by atoms with van der Waals surface area (Å²) in [5.41, 5.74) is 0. The normalized spacial score (nSPS) is 26.8. The van der Waals surface area contributed by atoms with E-state index in [9.17, 15) is 0 Å². The summed E-state index contributed by atoms with van der Waals surface area (Å²) in [6.45, 7) is 5.51. The third kappa shape index (κ3) is 3.18. The second-order valence-electron chi connectivity index (χ2n) is 4.16. The van der Waals surface area contributed by atoms with Crippen LogP contribution in [-0.2, 0) is 6.54 Å². The fraction of sp³-hybridized carbons (Fsp3) is 0.636. The van der Waals surface area contributed by atoms with Crippen molar-refractivity contribution in [1.82, 2.24) is 10.6 Å². The molecule has 0 bridgehead atoms. The van der Waals surface area contributed by atoms with Gasteiger partial charge in [0.1, 0.15) is 0 Å². The Kier molecular flexibility index (Phi) is 4.03. The van der Waals surface area contributed by atoms with Crippen molar-refractivity contribution < 1.29 is 0 Å². The second-order valence-corrected chi connectivity index (χ2v) is 5.96. The first kappa shape index (κ1) is 11.4. The minimum Gasteiger partial charge on any atom is -0.316 e. The summed E-state index contributed by atoms with van der Waals surface area (Å²) in [4.78, 5) is 1.32. The van der Waals surface area contributed by atoms with Crippen molar-refractivity contribution >= 4 is 22.9 Å². The van der Waals surface area contributed by atoms with E-state index < -0.39 is 0 Å². The zero-order valence-electron chi connectivity index (χ0n) is 8.92. The Morgan fingerprint density at radius 1 is 1.60 bits per heavy atom. The summed E-state index contributed by atoms with van der Waals surface area (Å²) in [6.07, 6.45) is 1.22. The Morgan fingerprint density at radius 2 is 2.47 bits per heavy atom. The van der Waals surface area contributed by atoms with Crippen LogP contribution in [0.15, 0.2) is 12.1 Å². The van der Waals surface area contributed by atoms with Crippen molar-refractivity contribution in [2.45, 2.75) is 25.9 Å². The lowest BCUT2D eigenvalue weighted by Crippen LogP contribution is -2.45. The fourth-order valence-corrected chi connectivity index (χ4v) is 3.03. The van der Waals surface area contributed by atoms with Crippen molar-refractivity contribution in [1.29, 1.82) is 0 Å². The monoisotopic (exact) mass is 244 g/mol. The Morgan fingerprint density at radius 3 is 3.13 bits per heavy atom. The number of rotatable bonds is 3. The highest BCUT2D eigenvalue weighted by molar-refractivity contribution is 7.16. The maximum absolute atomic E-state index is 5.89. The average Bonchev–Trinajstić information content (AvgIpc) is 2.63. The molecular weight excluding hydrogens is 228 g/mol. The maximum atomic E-state index is 5.89. The van der Waals surface area contributed by atoms with Gasteiger partial charge in [-0.05, 0) is 37.6 Å². The minimum atomic E-state index is 0.645. The SMILES string of the molecule is CC1CNCCC1NCc1ccc(Cl)s1. The molecule has 0 radical (unpaired) electrons. The first-order chi connectivity index (χ1) is 7.25. The molecule has 2 heterocycles. The molecule has 1 fully saturated rings. The molecule has 2 N–H and O–H groups in total. The highest BCUT2D eigenvalue weighted by Crippen LogP contribution is 2.21. The van der Waals surface area contributed by atoms with Gasteiger partial charge in [-0.3, -0.25) is 0 Å². The average molecular weight is 245 g/mol. The molecule has 2 unspecified atom stereocenters. The van der Waals surface area contributed by atoms with E-state index in [2.05, 4.69) is 23.6 Å². The van der Waals surface area contributed by atoms with Gasteiger partial charge >= 0.3 is 0 Å². The second kappa shape index (κ2) is 5.30. The van der Waals surface area contributed by atoms with Gasteiger partial charge in [0.25, 0.3) is 0 Å². The van der Waals surface area contributed by atoms with Crippen LogP contribution in [0.2, 0.25) is 4.34 Å². The van der Waals surface area contributed by atoms with Crippen LogP contribution in [0.4, 0.5) is 0 Å². The first-order valence-corrected chi connectivity index (χ1v) is 6.63. The lowest BCUT2D eigenvalue weighted by molar-refractivity contribution is 0.296. The van der Waals surface area contributed by atoms with Gasteiger partial charge in [0.2, 0.25) is 0 Å².